The molecule has 2 aromatic carbocycles. The van der Waals surface area contributed by atoms with Gasteiger partial charge in [-0.15, -0.1) is 0 Å². The van der Waals surface area contributed by atoms with Crippen molar-refractivity contribution in [3.8, 4) is 17.2 Å². The fourth-order valence-electron chi connectivity index (χ4n) is 2.47. The van der Waals surface area contributed by atoms with Crippen LogP contribution in [0.4, 0.5) is 0 Å². The number of hydrogen-bond acceptors (Lipinski definition) is 5. The summed E-state index contributed by atoms with van der Waals surface area (Å²) in [7, 11) is 1.64. The summed E-state index contributed by atoms with van der Waals surface area (Å²) in [5.74, 6) is 2.49. The van der Waals surface area contributed by atoms with Crippen LogP contribution in [0.5, 0.6) is 17.2 Å². The molecule has 0 aliphatic carbocycles. The van der Waals surface area contributed by atoms with Crippen molar-refractivity contribution in [1.82, 2.24) is 4.90 Å². The van der Waals surface area contributed by atoms with Gasteiger partial charge < -0.3 is 4.90 Å². The monoisotopic (exact) mass is 454 g/mol. The van der Waals surface area contributed by atoms with E-state index >= 15 is 0 Å². The van der Waals surface area contributed by atoms with E-state index in [0.717, 1.165) is 22.1 Å². The number of para-hydroxylation sites is 3. The molecule has 2 aliphatic heterocycles. The van der Waals surface area contributed by atoms with Gasteiger partial charge in [-0.3, -0.25) is 0 Å². The van der Waals surface area contributed by atoms with Crippen LogP contribution in [0, 0.1) is 0 Å². The fraction of sp³-hybridized carbons (Fsp3) is 0.333. The third-order valence-electron chi connectivity index (χ3n) is 3.88. The molecule has 129 valence electrons. The maximum atomic E-state index is 5.96. The Morgan fingerprint density at radius 1 is 0.750 bits per heavy atom. The van der Waals surface area contributed by atoms with Crippen molar-refractivity contribution in [3.63, 3.8) is 0 Å². The van der Waals surface area contributed by atoms with E-state index < -0.39 is 18.7 Å². The third kappa shape index (κ3) is 3.79. The molecule has 4 rings (SSSR count). The van der Waals surface area contributed by atoms with Crippen molar-refractivity contribution in [2.24, 2.45) is 0 Å². The summed E-state index contributed by atoms with van der Waals surface area (Å²) < 4.78 is 17.9. The summed E-state index contributed by atoms with van der Waals surface area (Å²) in [5, 5.41) is 0. The second kappa shape index (κ2) is 7.90. The first-order valence-electron chi connectivity index (χ1n) is 8.27. The van der Waals surface area contributed by atoms with E-state index in [9.17, 15) is 0 Å². The minimum atomic E-state index is -3.36. The average molecular weight is 455 g/mol. The minimum absolute atomic E-state index is 0.804. The summed E-state index contributed by atoms with van der Waals surface area (Å²) in [6.07, 6.45) is 0. The van der Waals surface area contributed by atoms with Gasteiger partial charge in [0.1, 0.15) is 0 Å². The van der Waals surface area contributed by atoms with Gasteiger partial charge in [-0.25, -0.2) is 0 Å². The molecule has 2 aromatic rings. The molecule has 0 unspecified atom stereocenters. The maximum absolute atomic E-state index is 5.96. The summed E-state index contributed by atoms with van der Waals surface area (Å²) in [5.41, 5.74) is 0. The van der Waals surface area contributed by atoms with Gasteiger partial charge in [-0.2, -0.15) is 0 Å². The first-order valence-corrected chi connectivity index (χ1v) is 15.3. The molecule has 1 spiro atoms. The van der Waals surface area contributed by atoms with Crippen LogP contribution >= 0.6 is 8.85 Å². The van der Waals surface area contributed by atoms with E-state index in [1.165, 1.54) is 19.6 Å². The van der Waals surface area contributed by atoms with Gasteiger partial charge in [-0.1, -0.05) is 20.8 Å². The molecule has 0 amide bonds. The van der Waals surface area contributed by atoms with Gasteiger partial charge >= 0.3 is 107 Å². The van der Waals surface area contributed by atoms with E-state index in [1.807, 2.05) is 48.5 Å². The number of hydrogen-bond donors (Lipinski definition) is 0. The van der Waals surface area contributed by atoms with Crippen molar-refractivity contribution in [3.05, 3.63) is 48.5 Å². The Morgan fingerprint density at radius 3 is 1.67 bits per heavy atom. The zero-order valence-electron chi connectivity index (χ0n) is 14.3. The molecular formula is C18H23NO3SSb. The molecule has 0 N–H and O–H groups in total. The molecule has 0 bridgehead atoms. The molecular weight excluding hydrogens is 432 g/mol. The Hall–Kier alpha value is -1.03. The predicted octanol–water partition coefficient (Wildman–Crippen LogP) is 4.43. The fourth-order valence-corrected chi connectivity index (χ4v) is 13.0. The van der Waals surface area contributed by atoms with E-state index in [4.69, 9.17) is 9.05 Å². The third-order valence-corrected chi connectivity index (χ3v) is 13.3. The van der Waals surface area contributed by atoms with Gasteiger partial charge in [0.25, 0.3) is 0 Å². The molecule has 2 aliphatic rings. The summed E-state index contributed by atoms with van der Waals surface area (Å²) in [6, 6.07) is 15.7. The van der Waals surface area contributed by atoms with Crippen LogP contribution in [-0.4, -0.2) is 43.2 Å². The Morgan fingerprint density at radius 2 is 1.21 bits per heavy atom. The van der Waals surface area contributed by atoms with Crippen molar-refractivity contribution >= 4 is 27.5 Å². The summed E-state index contributed by atoms with van der Waals surface area (Å²) in [6.45, 7) is 10.1. The van der Waals surface area contributed by atoms with Crippen LogP contribution in [0.3, 0.4) is 0 Å². The van der Waals surface area contributed by atoms with Gasteiger partial charge in [0.15, 0.2) is 0 Å². The van der Waals surface area contributed by atoms with Gasteiger partial charge in [0.05, 0.1) is 0 Å². The first-order chi connectivity index (χ1) is 11.7. The molecule has 0 atom stereocenters. The zero-order valence-corrected chi connectivity index (χ0v) is 17.6. The van der Waals surface area contributed by atoms with Crippen LogP contribution in [0.15, 0.2) is 53.4 Å². The molecule has 0 aromatic heterocycles. The normalized spacial score (nSPS) is 15.7. The van der Waals surface area contributed by atoms with Crippen molar-refractivity contribution < 1.29 is 9.05 Å². The van der Waals surface area contributed by atoms with Crippen molar-refractivity contribution in [2.75, 3.05) is 19.6 Å². The Bertz CT molecular complexity index is 581. The average Bonchev–Trinajstić information content (AvgIpc) is 3.15. The molecule has 2 heterocycles. The Balaban J connectivity index is 0.000000209. The quantitative estimate of drug-likeness (QED) is 0.640. The van der Waals surface area contributed by atoms with Crippen LogP contribution in [0.1, 0.15) is 20.8 Å². The van der Waals surface area contributed by atoms with E-state index in [1.54, 1.807) is 8.85 Å². The molecule has 0 saturated heterocycles. The second-order valence-corrected chi connectivity index (χ2v) is 14.6. The van der Waals surface area contributed by atoms with Gasteiger partial charge in [0.2, 0.25) is 0 Å². The SMILES string of the molecule is CCN(CC)CC.c1ccc2c(c1)[O][Sb]1([O]2)[O]c2ccccc2[S]1. The van der Waals surface area contributed by atoms with E-state index in [0.29, 0.717) is 0 Å². The van der Waals surface area contributed by atoms with Crippen molar-refractivity contribution in [1.29, 1.82) is 0 Å². The van der Waals surface area contributed by atoms with Crippen molar-refractivity contribution in [2.45, 2.75) is 25.7 Å². The van der Waals surface area contributed by atoms with Gasteiger partial charge in [0, 0.05) is 0 Å². The summed E-state index contributed by atoms with van der Waals surface area (Å²) in [4.78, 5) is 3.49. The van der Waals surface area contributed by atoms with Crippen LogP contribution in [0.2, 0.25) is 0 Å². The topological polar surface area (TPSA) is 30.9 Å². The second-order valence-electron chi connectivity index (χ2n) is 5.33. The standard InChI is InChI=1S/C6H15N.C6H6O2.C6H6OS.Sb/c1-4-7(5-2)6-3;2*7-5-3-1-2-4-6(5)8;/h4-6H2,1-3H3;2*1-4,7-8H;/q;;;+4/p-4. The number of rotatable bonds is 3. The summed E-state index contributed by atoms with van der Waals surface area (Å²) >= 11 is -3.36. The van der Waals surface area contributed by atoms with Gasteiger partial charge in [-0.05, 0) is 19.6 Å². The van der Waals surface area contributed by atoms with E-state index in [2.05, 4.69) is 25.7 Å². The Labute approximate surface area is 152 Å². The molecule has 0 fully saturated rings. The number of fused-ring (bicyclic) bond motifs is 2. The molecule has 6 heteroatoms. The first kappa shape index (κ1) is 17.8. The van der Waals surface area contributed by atoms with E-state index in [-0.39, 0.29) is 0 Å². The molecule has 24 heavy (non-hydrogen) atoms. The molecule has 0 saturated carbocycles. The predicted molar refractivity (Wildman–Crippen MR) is 99.8 cm³/mol. The van der Waals surface area contributed by atoms with Crippen LogP contribution in [0.25, 0.3) is 0 Å². The number of nitrogens with zero attached hydrogens (tertiary/aromatic N) is 1. The molecule has 4 nitrogen and oxygen atoms in total. The zero-order chi connectivity index (χ0) is 17.0. The van der Waals surface area contributed by atoms with Crippen LogP contribution < -0.4 is 9.05 Å². The number of benzene rings is 2. The Kier molecular flexibility index (Phi) is 5.85. The van der Waals surface area contributed by atoms with Crippen LogP contribution in [-0.2, 0) is 0 Å². The molecule has 1 radical (unpaired) electrons.